The summed E-state index contributed by atoms with van der Waals surface area (Å²) >= 11 is 9.31. The molecule has 1 atom stereocenters. The van der Waals surface area contributed by atoms with Gasteiger partial charge in [0.05, 0.1) is 0 Å². The first kappa shape index (κ1) is 14.0. The van der Waals surface area contributed by atoms with E-state index in [-0.39, 0.29) is 5.54 Å². The molecular formula is C13H19BrClN. The number of alkyl halides is 1. The van der Waals surface area contributed by atoms with E-state index in [1.807, 2.05) is 6.07 Å². The number of hydrogen-bond donors (Lipinski definition) is 1. The van der Waals surface area contributed by atoms with Crippen molar-refractivity contribution in [3.63, 3.8) is 0 Å². The van der Waals surface area contributed by atoms with Gasteiger partial charge in [0, 0.05) is 22.4 Å². The summed E-state index contributed by atoms with van der Waals surface area (Å²) in [5, 5.41) is 3.58. The van der Waals surface area contributed by atoms with Crippen LogP contribution in [0.1, 0.15) is 32.3 Å². The summed E-state index contributed by atoms with van der Waals surface area (Å²) in [6.45, 7) is 5.31. The first-order valence-electron chi connectivity index (χ1n) is 5.65. The van der Waals surface area contributed by atoms with Gasteiger partial charge in [-0.2, -0.15) is 0 Å². The van der Waals surface area contributed by atoms with Crippen LogP contribution in [-0.2, 0) is 6.54 Å². The van der Waals surface area contributed by atoms with Crippen LogP contribution in [0.4, 0.5) is 0 Å². The zero-order valence-electron chi connectivity index (χ0n) is 9.89. The van der Waals surface area contributed by atoms with Gasteiger partial charge in [-0.15, -0.1) is 11.6 Å². The van der Waals surface area contributed by atoms with Crippen LogP contribution in [0.15, 0.2) is 28.7 Å². The minimum atomic E-state index is 0.143. The molecule has 1 unspecified atom stereocenters. The molecule has 0 heterocycles. The Bertz CT molecular complexity index is 329. The van der Waals surface area contributed by atoms with Crippen LogP contribution in [0.2, 0.25) is 0 Å². The summed E-state index contributed by atoms with van der Waals surface area (Å²) in [6.07, 6.45) is 2.09. The van der Waals surface area contributed by atoms with Crippen molar-refractivity contribution < 1.29 is 0 Å². The van der Waals surface area contributed by atoms with Gasteiger partial charge in [0.25, 0.3) is 0 Å². The molecule has 0 aliphatic carbocycles. The molecule has 0 fully saturated rings. The Kier molecular flexibility index (Phi) is 5.81. The molecule has 90 valence electrons. The lowest BCUT2D eigenvalue weighted by molar-refractivity contribution is 0.331. The van der Waals surface area contributed by atoms with E-state index >= 15 is 0 Å². The first-order valence-corrected chi connectivity index (χ1v) is 6.98. The van der Waals surface area contributed by atoms with Crippen molar-refractivity contribution in [2.24, 2.45) is 0 Å². The topological polar surface area (TPSA) is 12.0 Å². The van der Waals surface area contributed by atoms with Crippen molar-refractivity contribution in [1.82, 2.24) is 5.32 Å². The summed E-state index contributed by atoms with van der Waals surface area (Å²) in [7, 11) is 0. The van der Waals surface area contributed by atoms with E-state index < -0.39 is 0 Å². The van der Waals surface area contributed by atoms with E-state index in [2.05, 4.69) is 53.3 Å². The number of nitrogens with one attached hydrogen (secondary N) is 1. The molecule has 0 aliphatic rings. The largest absolute Gasteiger partial charge is 0.307 e. The Labute approximate surface area is 112 Å². The van der Waals surface area contributed by atoms with E-state index in [4.69, 9.17) is 11.6 Å². The normalized spacial score (nSPS) is 14.8. The summed E-state index contributed by atoms with van der Waals surface area (Å²) in [5.74, 6) is 0.704. The third-order valence-corrected chi connectivity index (χ3v) is 3.72. The van der Waals surface area contributed by atoms with Crippen LogP contribution < -0.4 is 5.32 Å². The summed E-state index contributed by atoms with van der Waals surface area (Å²) in [5.41, 5.74) is 1.44. The lowest BCUT2D eigenvalue weighted by Crippen LogP contribution is -2.41. The van der Waals surface area contributed by atoms with Gasteiger partial charge < -0.3 is 5.32 Å². The molecule has 3 heteroatoms. The van der Waals surface area contributed by atoms with Crippen molar-refractivity contribution >= 4 is 27.5 Å². The molecular weight excluding hydrogens is 286 g/mol. The smallest absolute Gasteiger partial charge is 0.0240 e. The van der Waals surface area contributed by atoms with Gasteiger partial charge in [-0.3, -0.25) is 0 Å². The van der Waals surface area contributed by atoms with Crippen molar-refractivity contribution in [3.8, 4) is 0 Å². The van der Waals surface area contributed by atoms with Gasteiger partial charge in [-0.05, 0) is 37.5 Å². The van der Waals surface area contributed by atoms with Gasteiger partial charge in [0.15, 0.2) is 0 Å². The fourth-order valence-corrected chi connectivity index (χ4v) is 2.42. The Balaban J connectivity index is 2.55. The molecule has 0 spiro atoms. The second kappa shape index (κ2) is 6.63. The Morgan fingerprint density at radius 3 is 2.75 bits per heavy atom. The minimum absolute atomic E-state index is 0.143. The van der Waals surface area contributed by atoms with Crippen LogP contribution in [0.25, 0.3) is 0 Å². The first-order chi connectivity index (χ1) is 7.59. The SMILES string of the molecule is CCC(C)(CCCl)NCc1cccc(Br)c1. The van der Waals surface area contributed by atoms with E-state index in [1.54, 1.807) is 0 Å². The molecule has 0 amide bonds. The third kappa shape index (κ3) is 4.44. The Morgan fingerprint density at radius 1 is 1.44 bits per heavy atom. The number of rotatable bonds is 6. The molecule has 0 saturated heterocycles. The maximum atomic E-state index is 5.82. The van der Waals surface area contributed by atoms with E-state index in [0.717, 1.165) is 23.9 Å². The maximum absolute atomic E-state index is 5.82. The fraction of sp³-hybridized carbons (Fsp3) is 0.538. The van der Waals surface area contributed by atoms with Crippen molar-refractivity contribution in [1.29, 1.82) is 0 Å². The third-order valence-electron chi connectivity index (χ3n) is 3.03. The van der Waals surface area contributed by atoms with Gasteiger partial charge in [0.2, 0.25) is 0 Å². The molecule has 0 radical (unpaired) electrons. The molecule has 1 aromatic carbocycles. The second-order valence-corrected chi connectivity index (χ2v) is 5.63. The highest BCUT2D eigenvalue weighted by Gasteiger charge is 2.19. The van der Waals surface area contributed by atoms with Crippen molar-refractivity contribution in [3.05, 3.63) is 34.3 Å². The standard InChI is InChI=1S/C13H19BrClN/c1-3-13(2,7-8-15)16-10-11-5-4-6-12(14)9-11/h4-6,9,16H,3,7-8,10H2,1-2H3. The molecule has 1 N–H and O–H groups in total. The second-order valence-electron chi connectivity index (χ2n) is 4.34. The van der Waals surface area contributed by atoms with Crippen LogP contribution in [0.3, 0.4) is 0 Å². The molecule has 0 aliphatic heterocycles. The molecule has 16 heavy (non-hydrogen) atoms. The lowest BCUT2D eigenvalue weighted by Gasteiger charge is -2.29. The average Bonchev–Trinajstić information content (AvgIpc) is 2.27. The zero-order valence-corrected chi connectivity index (χ0v) is 12.2. The summed E-state index contributed by atoms with van der Waals surface area (Å²) < 4.78 is 1.13. The highest BCUT2D eigenvalue weighted by Crippen LogP contribution is 2.17. The number of hydrogen-bond acceptors (Lipinski definition) is 1. The maximum Gasteiger partial charge on any atom is 0.0240 e. The monoisotopic (exact) mass is 303 g/mol. The molecule has 0 saturated carbocycles. The summed E-state index contributed by atoms with van der Waals surface area (Å²) in [4.78, 5) is 0. The molecule has 1 aromatic rings. The van der Waals surface area contributed by atoms with Crippen LogP contribution in [-0.4, -0.2) is 11.4 Å². The highest BCUT2D eigenvalue weighted by molar-refractivity contribution is 9.10. The zero-order chi connectivity index (χ0) is 12.0. The minimum Gasteiger partial charge on any atom is -0.307 e. The number of halogens is 2. The predicted octanol–water partition coefficient (Wildman–Crippen LogP) is 4.34. The van der Waals surface area contributed by atoms with Gasteiger partial charge >= 0.3 is 0 Å². The van der Waals surface area contributed by atoms with E-state index in [0.29, 0.717) is 5.88 Å². The van der Waals surface area contributed by atoms with Gasteiger partial charge in [-0.1, -0.05) is 35.0 Å². The Hall–Kier alpha value is -0.0500. The van der Waals surface area contributed by atoms with Crippen molar-refractivity contribution in [2.75, 3.05) is 5.88 Å². The van der Waals surface area contributed by atoms with Crippen LogP contribution in [0, 0.1) is 0 Å². The summed E-state index contributed by atoms with van der Waals surface area (Å²) in [6, 6.07) is 8.38. The predicted molar refractivity (Wildman–Crippen MR) is 75.0 cm³/mol. The van der Waals surface area contributed by atoms with E-state index in [9.17, 15) is 0 Å². The Morgan fingerprint density at radius 2 is 2.19 bits per heavy atom. The lowest BCUT2D eigenvalue weighted by atomic mass is 9.95. The van der Waals surface area contributed by atoms with Gasteiger partial charge in [0.1, 0.15) is 0 Å². The quantitative estimate of drug-likeness (QED) is 0.771. The van der Waals surface area contributed by atoms with Crippen molar-refractivity contribution in [2.45, 2.75) is 38.8 Å². The van der Waals surface area contributed by atoms with Crippen LogP contribution >= 0.6 is 27.5 Å². The fourth-order valence-electron chi connectivity index (χ4n) is 1.56. The molecule has 1 rings (SSSR count). The molecule has 0 bridgehead atoms. The van der Waals surface area contributed by atoms with E-state index in [1.165, 1.54) is 5.56 Å². The van der Waals surface area contributed by atoms with Crippen LogP contribution in [0.5, 0.6) is 0 Å². The highest BCUT2D eigenvalue weighted by atomic mass is 79.9. The molecule has 1 nitrogen and oxygen atoms in total. The molecule has 0 aromatic heterocycles. The van der Waals surface area contributed by atoms with Gasteiger partial charge in [-0.25, -0.2) is 0 Å². The number of benzene rings is 1. The average molecular weight is 305 g/mol.